The van der Waals surface area contributed by atoms with Crippen LogP contribution < -0.4 is 11.1 Å². The van der Waals surface area contributed by atoms with Crippen LogP contribution in [0.15, 0.2) is 0 Å². The molecular weight excluding hydrogens is 238 g/mol. The number of nitrogen functional groups attached to an aromatic ring is 1. The molecule has 0 spiro atoms. The maximum absolute atomic E-state index is 11.6. The first-order chi connectivity index (χ1) is 8.17. The van der Waals surface area contributed by atoms with Crippen LogP contribution >= 0.6 is 11.3 Å². The lowest BCUT2D eigenvalue weighted by molar-refractivity contribution is 0.0950. The van der Waals surface area contributed by atoms with E-state index < -0.39 is 0 Å². The van der Waals surface area contributed by atoms with Crippen LogP contribution in [-0.4, -0.2) is 47.2 Å². The molecule has 0 saturated carbocycles. The van der Waals surface area contributed by atoms with Crippen LogP contribution in [0, 0.1) is 0 Å². The zero-order valence-corrected chi connectivity index (χ0v) is 11.1. The normalized spacial score (nSPS) is 10.8. The molecule has 0 unspecified atom stereocenters. The maximum atomic E-state index is 11.6. The van der Waals surface area contributed by atoms with E-state index in [9.17, 15) is 4.79 Å². The molecule has 1 aromatic rings. The molecule has 0 fully saturated rings. The number of nitrogens with zero attached hydrogens (tertiary/aromatic N) is 3. The summed E-state index contributed by atoms with van der Waals surface area (Å²) >= 11 is 1.10. The maximum Gasteiger partial charge on any atom is 0.282 e. The van der Waals surface area contributed by atoms with Crippen molar-refractivity contribution in [3.63, 3.8) is 0 Å². The van der Waals surface area contributed by atoms with Crippen molar-refractivity contribution < 1.29 is 4.79 Å². The molecule has 96 valence electrons. The number of carbonyl (C=O) groups is 1. The summed E-state index contributed by atoms with van der Waals surface area (Å²) < 4.78 is 0. The Kier molecular flexibility index (Phi) is 5.85. The van der Waals surface area contributed by atoms with Gasteiger partial charge in [0.15, 0.2) is 0 Å². The highest BCUT2D eigenvalue weighted by atomic mass is 32.1. The van der Waals surface area contributed by atoms with Gasteiger partial charge >= 0.3 is 0 Å². The number of anilines is 1. The third kappa shape index (κ3) is 4.66. The second-order valence-electron chi connectivity index (χ2n) is 3.58. The largest absolute Gasteiger partial charge is 0.374 e. The molecule has 1 heterocycles. The molecule has 0 aromatic carbocycles. The Morgan fingerprint density at radius 3 is 2.65 bits per heavy atom. The second-order valence-corrected chi connectivity index (χ2v) is 4.59. The summed E-state index contributed by atoms with van der Waals surface area (Å²) in [7, 11) is 0. The van der Waals surface area contributed by atoms with E-state index in [1.807, 2.05) is 0 Å². The molecule has 7 heteroatoms. The second kappa shape index (κ2) is 7.18. The highest BCUT2D eigenvalue weighted by Gasteiger charge is 2.10. The molecular formula is C10H19N5OS. The van der Waals surface area contributed by atoms with E-state index in [4.69, 9.17) is 5.73 Å². The first kappa shape index (κ1) is 13.9. The van der Waals surface area contributed by atoms with Crippen LogP contribution in [0.5, 0.6) is 0 Å². The van der Waals surface area contributed by atoms with Crippen molar-refractivity contribution >= 4 is 22.4 Å². The molecule has 0 bridgehead atoms. The predicted octanol–water partition coefficient (Wildman–Crippen LogP) is 0.582. The van der Waals surface area contributed by atoms with E-state index in [-0.39, 0.29) is 5.91 Å². The quantitative estimate of drug-likeness (QED) is 0.698. The summed E-state index contributed by atoms with van der Waals surface area (Å²) in [4.78, 5) is 13.9. The van der Waals surface area contributed by atoms with Crippen molar-refractivity contribution in [1.82, 2.24) is 20.4 Å². The van der Waals surface area contributed by atoms with Crippen LogP contribution in [0.4, 0.5) is 5.13 Å². The van der Waals surface area contributed by atoms with Gasteiger partial charge in [-0.2, -0.15) is 0 Å². The van der Waals surface area contributed by atoms with Gasteiger partial charge in [0, 0.05) is 6.54 Å². The molecule has 0 aliphatic carbocycles. The van der Waals surface area contributed by atoms with Gasteiger partial charge in [-0.3, -0.25) is 4.79 Å². The van der Waals surface area contributed by atoms with Crippen LogP contribution in [0.1, 0.15) is 30.1 Å². The molecule has 0 radical (unpaired) electrons. The van der Waals surface area contributed by atoms with E-state index in [2.05, 4.69) is 34.3 Å². The summed E-state index contributed by atoms with van der Waals surface area (Å²) in [5.41, 5.74) is 5.41. The fourth-order valence-corrected chi connectivity index (χ4v) is 1.97. The minimum Gasteiger partial charge on any atom is -0.374 e. The lowest BCUT2D eigenvalue weighted by atomic mass is 10.3. The summed E-state index contributed by atoms with van der Waals surface area (Å²) in [6.07, 6.45) is 0.932. The number of aromatic nitrogens is 2. The average molecular weight is 257 g/mol. The summed E-state index contributed by atoms with van der Waals surface area (Å²) in [6, 6.07) is 0. The molecule has 3 N–H and O–H groups in total. The smallest absolute Gasteiger partial charge is 0.282 e. The van der Waals surface area contributed by atoms with Crippen LogP contribution in [0.2, 0.25) is 0 Å². The van der Waals surface area contributed by atoms with Crippen molar-refractivity contribution in [2.24, 2.45) is 0 Å². The molecule has 17 heavy (non-hydrogen) atoms. The van der Waals surface area contributed by atoms with Gasteiger partial charge in [-0.05, 0) is 26.1 Å². The summed E-state index contributed by atoms with van der Waals surface area (Å²) in [6.45, 7) is 7.98. The molecule has 1 amide bonds. The van der Waals surface area contributed by atoms with Gasteiger partial charge in [0.2, 0.25) is 10.1 Å². The highest BCUT2D eigenvalue weighted by molar-refractivity contribution is 7.16. The lowest BCUT2D eigenvalue weighted by Crippen LogP contribution is -2.29. The van der Waals surface area contributed by atoms with Gasteiger partial charge in [0.05, 0.1) is 0 Å². The van der Waals surface area contributed by atoms with Gasteiger partial charge < -0.3 is 16.0 Å². The number of nitrogens with one attached hydrogen (secondary N) is 1. The minimum atomic E-state index is -0.196. The van der Waals surface area contributed by atoms with E-state index in [0.717, 1.165) is 37.4 Å². The number of rotatable bonds is 7. The molecule has 0 saturated heterocycles. The lowest BCUT2D eigenvalue weighted by Gasteiger charge is -2.17. The molecule has 1 aromatic heterocycles. The van der Waals surface area contributed by atoms with E-state index in [0.29, 0.717) is 16.7 Å². The third-order valence-electron chi connectivity index (χ3n) is 2.47. The van der Waals surface area contributed by atoms with Crippen LogP contribution in [0.25, 0.3) is 0 Å². The fraction of sp³-hybridized carbons (Fsp3) is 0.700. The minimum absolute atomic E-state index is 0.196. The Bertz CT molecular complexity index is 350. The number of amides is 1. The van der Waals surface area contributed by atoms with Crippen molar-refractivity contribution in [2.75, 3.05) is 31.9 Å². The molecule has 0 aliphatic rings. The van der Waals surface area contributed by atoms with Gasteiger partial charge in [-0.25, -0.2) is 0 Å². The van der Waals surface area contributed by atoms with Crippen LogP contribution in [0.3, 0.4) is 0 Å². The van der Waals surface area contributed by atoms with Crippen molar-refractivity contribution in [3.05, 3.63) is 5.01 Å². The molecule has 0 aliphatic heterocycles. The average Bonchev–Trinajstić information content (AvgIpc) is 2.76. The Labute approximate surface area is 105 Å². The fourth-order valence-electron chi connectivity index (χ4n) is 1.45. The first-order valence-electron chi connectivity index (χ1n) is 5.76. The molecule has 0 atom stereocenters. The zero-order valence-electron chi connectivity index (χ0n) is 10.3. The first-order valence-corrected chi connectivity index (χ1v) is 6.58. The van der Waals surface area contributed by atoms with E-state index in [1.54, 1.807) is 0 Å². The monoisotopic (exact) mass is 257 g/mol. The van der Waals surface area contributed by atoms with Gasteiger partial charge in [-0.1, -0.05) is 25.2 Å². The molecule has 6 nitrogen and oxygen atoms in total. The van der Waals surface area contributed by atoms with Crippen molar-refractivity contribution in [2.45, 2.75) is 20.3 Å². The Morgan fingerprint density at radius 2 is 2.12 bits per heavy atom. The topological polar surface area (TPSA) is 84.1 Å². The van der Waals surface area contributed by atoms with Gasteiger partial charge in [-0.15, -0.1) is 10.2 Å². The Morgan fingerprint density at radius 1 is 1.41 bits per heavy atom. The van der Waals surface area contributed by atoms with Crippen molar-refractivity contribution in [3.8, 4) is 0 Å². The van der Waals surface area contributed by atoms with Gasteiger partial charge in [0.25, 0.3) is 5.91 Å². The highest BCUT2D eigenvalue weighted by Crippen LogP contribution is 2.10. The summed E-state index contributed by atoms with van der Waals surface area (Å²) in [5, 5.41) is 10.7. The van der Waals surface area contributed by atoms with Crippen molar-refractivity contribution in [1.29, 1.82) is 0 Å². The Hall–Kier alpha value is -1.21. The predicted molar refractivity (Wildman–Crippen MR) is 69.1 cm³/mol. The molecule has 1 rings (SSSR count). The standard InChI is InChI=1S/C10H19N5OS/c1-3-15(4-2)7-5-6-12-8(16)9-13-14-10(11)17-9/h3-7H2,1-2H3,(H2,11,14)(H,12,16). The van der Waals surface area contributed by atoms with Crippen LogP contribution in [-0.2, 0) is 0 Å². The zero-order chi connectivity index (χ0) is 12.7. The number of hydrogen-bond acceptors (Lipinski definition) is 6. The summed E-state index contributed by atoms with van der Waals surface area (Å²) in [5.74, 6) is -0.196. The van der Waals surface area contributed by atoms with Gasteiger partial charge in [0.1, 0.15) is 0 Å². The number of nitrogens with two attached hydrogens (primary N) is 1. The van der Waals surface area contributed by atoms with E-state index >= 15 is 0 Å². The number of carbonyl (C=O) groups excluding carboxylic acids is 1. The third-order valence-corrected chi connectivity index (χ3v) is 3.22. The van der Waals surface area contributed by atoms with E-state index in [1.165, 1.54) is 0 Å². The SMILES string of the molecule is CCN(CC)CCCNC(=O)c1nnc(N)s1. The number of hydrogen-bond donors (Lipinski definition) is 2. The Balaban J connectivity index is 2.21.